The molecule has 4 nitrogen and oxygen atoms in total. The Kier molecular flexibility index (Phi) is 4.50. The SMILES string of the molecule is Cc1cccc(C(=O)CNS(=O)(=O)c2ccccc2F)c1. The van der Waals surface area contributed by atoms with Crippen LogP contribution in [0.25, 0.3) is 0 Å². The Hall–Kier alpha value is -2.05. The van der Waals surface area contributed by atoms with Crippen LogP contribution in [0.2, 0.25) is 0 Å². The third-order valence-corrected chi connectivity index (χ3v) is 4.32. The molecule has 0 atom stereocenters. The summed E-state index contributed by atoms with van der Waals surface area (Å²) in [4.78, 5) is 11.5. The van der Waals surface area contributed by atoms with Crippen LogP contribution in [0, 0.1) is 12.7 Å². The molecule has 2 rings (SSSR count). The van der Waals surface area contributed by atoms with Gasteiger partial charge in [0, 0.05) is 5.56 Å². The second-order valence-corrected chi connectivity index (χ2v) is 6.28. The van der Waals surface area contributed by atoms with E-state index in [1.54, 1.807) is 18.2 Å². The second kappa shape index (κ2) is 6.15. The van der Waals surface area contributed by atoms with Gasteiger partial charge in [0.15, 0.2) is 5.78 Å². The Morgan fingerprint density at radius 2 is 1.86 bits per heavy atom. The molecule has 0 bridgehead atoms. The number of rotatable bonds is 5. The zero-order valence-electron chi connectivity index (χ0n) is 11.3. The molecule has 0 aromatic heterocycles. The molecule has 0 radical (unpaired) electrons. The van der Waals surface area contributed by atoms with E-state index in [0.29, 0.717) is 5.56 Å². The number of benzene rings is 2. The van der Waals surface area contributed by atoms with Gasteiger partial charge in [-0.3, -0.25) is 4.79 Å². The molecule has 0 fully saturated rings. The lowest BCUT2D eigenvalue weighted by molar-refractivity contribution is 0.0997. The Morgan fingerprint density at radius 3 is 2.52 bits per heavy atom. The van der Waals surface area contributed by atoms with Crippen LogP contribution >= 0.6 is 0 Å². The number of hydrogen-bond acceptors (Lipinski definition) is 3. The fraction of sp³-hybridized carbons (Fsp3) is 0.133. The number of Topliss-reactive ketones (excluding diaryl/α,β-unsaturated/α-hetero) is 1. The van der Waals surface area contributed by atoms with Gasteiger partial charge in [-0.25, -0.2) is 17.5 Å². The molecule has 1 N–H and O–H groups in total. The molecule has 21 heavy (non-hydrogen) atoms. The van der Waals surface area contributed by atoms with Gasteiger partial charge in [-0.2, -0.15) is 0 Å². The molecule has 0 unspecified atom stereocenters. The highest BCUT2D eigenvalue weighted by atomic mass is 32.2. The molecular formula is C15H14FNO3S. The standard InChI is InChI=1S/C15H14FNO3S/c1-11-5-4-6-12(9-11)14(18)10-17-21(19,20)15-8-3-2-7-13(15)16/h2-9,17H,10H2,1H3. The summed E-state index contributed by atoms with van der Waals surface area (Å²) in [6, 6.07) is 11.8. The first-order valence-corrected chi connectivity index (χ1v) is 7.72. The van der Waals surface area contributed by atoms with Crippen molar-refractivity contribution >= 4 is 15.8 Å². The quantitative estimate of drug-likeness (QED) is 0.862. The van der Waals surface area contributed by atoms with Crippen molar-refractivity contribution in [2.24, 2.45) is 0 Å². The Morgan fingerprint density at radius 1 is 1.14 bits per heavy atom. The number of carbonyl (C=O) groups is 1. The van der Waals surface area contributed by atoms with Crippen molar-refractivity contribution in [3.63, 3.8) is 0 Å². The van der Waals surface area contributed by atoms with Crippen LogP contribution in [0.1, 0.15) is 15.9 Å². The van der Waals surface area contributed by atoms with Crippen molar-refractivity contribution in [3.05, 3.63) is 65.5 Å². The lowest BCUT2D eigenvalue weighted by atomic mass is 10.1. The van der Waals surface area contributed by atoms with E-state index in [1.165, 1.54) is 12.1 Å². The minimum absolute atomic E-state index is 0.376. The highest BCUT2D eigenvalue weighted by molar-refractivity contribution is 7.89. The van der Waals surface area contributed by atoms with Crippen LogP contribution in [-0.4, -0.2) is 20.7 Å². The molecule has 2 aromatic carbocycles. The Bertz CT molecular complexity index is 772. The smallest absolute Gasteiger partial charge is 0.243 e. The van der Waals surface area contributed by atoms with E-state index < -0.39 is 27.3 Å². The van der Waals surface area contributed by atoms with E-state index in [2.05, 4.69) is 4.72 Å². The monoisotopic (exact) mass is 307 g/mol. The first-order chi connectivity index (χ1) is 9.90. The van der Waals surface area contributed by atoms with Gasteiger partial charge >= 0.3 is 0 Å². The van der Waals surface area contributed by atoms with Gasteiger partial charge in [0.1, 0.15) is 10.7 Å². The molecule has 6 heteroatoms. The third-order valence-electron chi connectivity index (χ3n) is 2.89. The molecule has 110 valence electrons. The molecule has 0 aliphatic heterocycles. The van der Waals surface area contributed by atoms with E-state index in [1.807, 2.05) is 13.0 Å². The van der Waals surface area contributed by atoms with Crippen LogP contribution in [-0.2, 0) is 10.0 Å². The number of hydrogen-bond donors (Lipinski definition) is 1. The first-order valence-electron chi connectivity index (χ1n) is 6.24. The molecule has 2 aromatic rings. The van der Waals surface area contributed by atoms with E-state index in [4.69, 9.17) is 0 Å². The predicted octanol–water partition coefficient (Wildman–Crippen LogP) is 2.30. The third kappa shape index (κ3) is 3.74. The van der Waals surface area contributed by atoms with Crippen molar-refractivity contribution in [2.75, 3.05) is 6.54 Å². The van der Waals surface area contributed by atoms with E-state index in [-0.39, 0.29) is 5.78 Å². The highest BCUT2D eigenvalue weighted by Crippen LogP contribution is 2.13. The lowest BCUT2D eigenvalue weighted by Gasteiger charge is -2.07. The normalized spacial score (nSPS) is 11.3. The Labute approximate surface area is 122 Å². The van der Waals surface area contributed by atoms with Crippen LogP contribution in [0.4, 0.5) is 4.39 Å². The van der Waals surface area contributed by atoms with Crippen molar-refractivity contribution in [1.29, 1.82) is 0 Å². The van der Waals surface area contributed by atoms with Crippen molar-refractivity contribution in [2.45, 2.75) is 11.8 Å². The summed E-state index contributed by atoms with van der Waals surface area (Å²) in [5.74, 6) is -1.23. The molecule has 0 aliphatic carbocycles. The van der Waals surface area contributed by atoms with Gasteiger partial charge in [0.2, 0.25) is 10.0 Å². The van der Waals surface area contributed by atoms with Crippen LogP contribution in [0.3, 0.4) is 0 Å². The van der Waals surface area contributed by atoms with Crippen molar-refractivity contribution in [3.8, 4) is 0 Å². The van der Waals surface area contributed by atoms with Crippen LogP contribution < -0.4 is 4.72 Å². The molecule has 0 heterocycles. The maximum Gasteiger partial charge on any atom is 0.243 e. The van der Waals surface area contributed by atoms with E-state index >= 15 is 0 Å². The summed E-state index contributed by atoms with van der Waals surface area (Å²) < 4.78 is 39.5. The summed E-state index contributed by atoms with van der Waals surface area (Å²) in [5.41, 5.74) is 1.31. The van der Waals surface area contributed by atoms with Gasteiger partial charge in [-0.05, 0) is 25.1 Å². The number of ketones is 1. The van der Waals surface area contributed by atoms with E-state index in [9.17, 15) is 17.6 Å². The molecule has 0 spiro atoms. The summed E-state index contributed by atoms with van der Waals surface area (Å²) in [6.07, 6.45) is 0. The van der Waals surface area contributed by atoms with Gasteiger partial charge < -0.3 is 0 Å². The average molecular weight is 307 g/mol. The van der Waals surface area contributed by atoms with Gasteiger partial charge in [0.05, 0.1) is 6.54 Å². The maximum absolute atomic E-state index is 13.5. The van der Waals surface area contributed by atoms with Crippen molar-refractivity contribution < 1.29 is 17.6 Å². The summed E-state index contributed by atoms with van der Waals surface area (Å²) in [6.45, 7) is 1.42. The van der Waals surface area contributed by atoms with Gasteiger partial charge in [-0.1, -0.05) is 35.9 Å². The number of sulfonamides is 1. The first kappa shape index (κ1) is 15.3. The zero-order valence-corrected chi connectivity index (χ0v) is 12.2. The summed E-state index contributed by atoms with van der Waals surface area (Å²) >= 11 is 0. The molecule has 0 amide bonds. The van der Waals surface area contributed by atoms with Crippen LogP contribution in [0.15, 0.2) is 53.4 Å². The number of halogens is 1. The molecule has 0 saturated carbocycles. The number of carbonyl (C=O) groups excluding carboxylic acids is 1. The van der Waals surface area contributed by atoms with Gasteiger partial charge in [0.25, 0.3) is 0 Å². The second-order valence-electron chi connectivity index (χ2n) is 4.55. The van der Waals surface area contributed by atoms with E-state index in [0.717, 1.165) is 17.7 Å². The highest BCUT2D eigenvalue weighted by Gasteiger charge is 2.19. The molecular weight excluding hydrogens is 293 g/mol. The minimum Gasteiger partial charge on any atom is -0.293 e. The molecule has 0 saturated heterocycles. The maximum atomic E-state index is 13.5. The minimum atomic E-state index is -4.05. The van der Waals surface area contributed by atoms with Crippen LogP contribution in [0.5, 0.6) is 0 Å². The lowest BCUT2D eigenvalue weighted by Crippen LogP contribution is -2.30. The zero-order chi connectivity index (χ0) is 15.5. The Balaban J connectivity index is 2.12. The summed E-state index contributed by atoms with van der Waals surface area (Å²) in [7, 11) is -4.05. The number of aryl methyl sites for hydroxylation is 1. The number of nitrogens with one attached hydrogen (secondary N) is 1. The topological polar surface area (TPSA) is 63.2 Å². The molecule has 0 aliphatic rings. The fourth-order valence-electron chi connectivity index (χ4n) is 1.82. The average Bonchev–Trinajstić information content (AvgIpc) is 2.45. The fourth-order valence-corrected chi connectivity index (χ4v) is 2.88. The largest absolute Gasteiger partial charge is 0.293 e. The van der Waals surface area contributed by atoms with Gasteiger partial charge in [-0.15, -0.1) is 0 Å². The van der Waals surface area contributed by atoms with Crippen molar-refractivity contribution in [1.82, 2.24) is 4.72 Å². The predicted molar refractivity (Wildman–Crippen MR) is 77.1 cm³/mol. The summed E-state index contributed by atoms with van der Waals surface area (Å²) in [5, 5.41) is 0.